The van der Waals surface area contributed by atoms with Gasteiger partial charge in [-0.3, -0.25) is 9.59 Å². The number of carboxylic acids is 1. The maximum atomic E-state index is 11.6. The molecule has 0 aliphatic carbocycles. The molecule has 0 radical (unpaired) electrons. The average molecular weight is 356 g/mol. The number of amides is 2. The third-order valence-corrected chi connectivity index (χ3v) is 3.88. The van der Waals surface area contributed by atoms with Gasteiger partial charge in [0.1, 0.15) is 0 Å². The second-order valence-corrected chi connectivity index (χ2v) is 6.20. The number of aliphatic hydroxyl groups excluding tert-OH is 1. The van der Waals surface area contributed by atoms with Gasteiger partial charge in [0.05, 0.1) is 6.10 Å². The van der Waals surface area contributed by atoms with E-state index in [9.17, 15) is 19.5 Å². The summed E-state index contributed by atoms with van der Waals surface area (Å²) in [6.45, 7) is 5.41. The lowest BCUT2D eigenvalue weighted by molar-refractivity contribution is -0.144. The Morgan fingerprint density at radius 1 is 1.00 bits per heavy atom. The maximum Gasteiger partial charge on any atom is 0.328 e. The van der Waals surface area contributed by atoms with Gasteiger partial charge < -0.3 is 20.8 Å². The van der Waals surface area contributed by atoms with E-state index in [1.54, 1.807) is 0 Å². The van der Waals surface area contributed by atoms with E-state index in [0.29, 0.717) is 13.0 Å². The lowest BCUT2D eigenvalue weighted by Gasteiger charge is -2.16. The fourth-order valence-corrected chi connectivity index (χ4v) is 2.39. The van der Waals surface area contributed by atoms with Crippen molar-refractivity contribution in [1.29, 1.82) is 0 Å². The van der Waals surface area contributed by atoms with Gasteiger partial charge in [0.15, 0.2) is 6.04 Å². The van der Waals surface area contributed by atoms with Gasteiger partial charge in [-0.15, -0.1) is 0 Å². The summed E-state index contributed by atoms with van der Waals surface area (Å²) < 4.78 is 0. The molecule has 25 heavy (non-hydrogen) atoms. The van der Waals surface area contributed by atoms with Crippen LogP contribution in [0, 0.1) is 0 Å². The minimum absolute atomic E-state index is 0.132. The summed E-state index contributed by atoms with van der Waals surface area (Å²) in [6, 6.07) is -1.25. The second kappa shape index (κ2) is 14.5. The maximum absolute atomic E-state index is 11.6. The van der Waals surface area contributed by atoms with Crippen LogP contribution >= 0.6 is 0 Å². The minimum Gasteiger partial charge on any atom is -0.480 e. The topological polar surface area (TPSA) is 116 Å². The van der Waals surface area contributed by atoms with Crippen LogP contribution in [0.4, 0.5) is 0 Å². The molecule has 0 rings (SSSR count). The van der Waals surface area contributed by atoms with Gasteiger partial charge in [0.25, 0.3) is 0 Å². The van der Waals surface area contributed by atoms with Crippen molar-refractivity contribution < 1.29 is 24.6 Å². The fourth-order valence-electron chi connectivity index (χ4n) is 2.39. The number of aliphatic carboxylic acids is 1. The Balaban J connectivity index is 3.49. The fraction of sp³-hybridized carbons (Fsp3) is 0.722. The van der Waals surface area contributed by atoms with Gasteiger partial charge in [-0.05, 0) is 25.8 Å². The van der Waals surface area contributed by atoms with Crippen LogP contribution in [-0.4, -0.2) is 46.7 Å². The van der Waals surface area contributed by atoms with Crippen LogP contribution in [-0.2, 0) is 14.4 Å². The number of nitrogens with one attached hydrogen (secondary N) is 2. The van der Waals surface area contributed by atoms with E-state index in [1.807, 2.05) is 0 Å². The van der Waals surface area contributed by atoms with E-state index in [-0.39, 0.29) is 18.2 Å². The van der Waals surface area contributed by atoms with Crippen molar-refractivity contribution in [1.82, 2.24) is 10.6 Å². The number of aliphatic hydroxyl groups is 1. The zero-order valence-electron chi connectivity index (χ0n) is 15.1. The highest BCUT2D eigenvalue weighted by Gasteiger charge is 2.24. The number of hydrogen-bond donors (Lipinski definition) is 4. The first kappa shape index (κ1) is 23.1. The Hall–Kier alpha value is -1.89. The van der Waals surface area contributed by atoms with Crippen LogP contribution in [0.25, 0.3) is 0 Å². The SMILES string of the molecule is C=CC(=O)NCCCCCCCCCCC(=O)N[C@H](C(=O)O)[C@@H](C)O. The van der Waals surface area contributed by atoms with Crippen molar-refractivity contribution in [3.63, 3.8) is 0 Å². The first-order valence-corrected chi connectivity index (χ1v) is 8.99. The summed E-state index contributed by atoms with van der Waals surface area (Å²) in [7, 11) is 0. The Morgan fingerprint density at radius 2 is 1.52 bits per heavy atom. The summed E-state index contributed by atoms with van der Waals surface area (Å²) >= 11 is 0. The first-order chi connectivity index (χ1) is 11.9. The number of carbonyl (C=O) groups excluding carboxylic acids is 2. The van der Waals surface area contributed by atoms with Crippen molar-refractivity contribution in [2.75, 3.05) is 6.54 Å². The number of carboxylic acid groups (broad SMARTS) is 1. The van der Waals surface area contributed by atoms with E-state index in [4.69, 9.17) is 5.11 Å². The highest BCUT2D eigenvalue weighted by molar-refractivity contribution is 5.86. The Morgan fingerprint density at radius 3 is 2.00 bits per heavy atom. The van der Waals surface area contributed by atoms with Crippen LogP contribution in [0.1, 0.15) is 64.7 Å². The molecule has 0 aromatic rings. The predicted molar refractivity (Wildman–Crippen MR) is 96.0 cm³/mol. The highest BCUT2D eigenvalue weighted by atomic mass is 16.4. The van der Waals surface area contributed by atoms with Gasteiger partial charge in [0, 0.05) is 13.0 Å². The molecule has 0 aliphatic heterocycles. The highest BCUT2D eigenvalue weighted by Crippen LogP contribution is 2.09. The van der Waals surface area contributed by atoms with Gasteiger partial charge in [-0.25, -0.2) is 4.79 Å². The van der Waals surface area contributed by atoms with Crippen LogP contribution in [0.2, 0.25) is 0 Å². The van der Waals surface area contributed by atoms with Crippen LogP contribution in [0.3, 0.4) is 0 Å². The zero-order valence-corrected chi connectivity index (χ0v) is 15.1. The molecule has 0 aromatic carbocycles. The normalized spacial score (nSPS) is 12.9. The lowest BCUT2D eigenvalue weighted by Crippen LogP contribution is -2.47. The molecule has 0 fully saturated rings. The van der Waals surface area contributed by atoms with E-state index >= 15 is 0 Å². The largest absolute Gasteiger partial charge is 0.480 e. The monoisotopic (exact) mass is 356 g/mol. The van der Waals surface area contributed by atoms with Crippen LogP contribution < -0.4 is 10.6 Å². The molecule has 0 saturated carbocycles. The third-order valence-electron chi connectivity index (χ3n) is 3.88. The average Bonchev–Trinajstić information content (AvgIpc) is 2.56. The molecule has 144 valence electrons. The lowest BCUT2D eigenvalue weighted by atomic mass is 10.1. The molecule has 0 heterocycles. The molecule has 7 heteroatoms. The summed E-state index contributed by atoms with van der Waals surface area (Å²) in [5.41, 5.74) is 0. The predicted octanol–water partition coefficient (Wildman–Crippen LogP) is 1.75. The standard InChI is InChI=1S/C18H32N2O5/c1-3-15(22)19-13-11-9-7-5-4-6-8-10-12-16(23)20-17(14(2)21)18(24)25/h3,14,17,21H,1,4-13H2,2H3,(H,19,22)(H,20,23)(H,24,25)/t14-,17+/m1/s1. The Bertz CT molecular complexity index is 424. The summed E-state index contributed by atoms with van der Waals surface area (Å²) in [4.78, 5) is 33.4. The molecule has 0 aromatic heterocycles. The summed E-state index contributed by atoms with van der Waals surface area (Å²) in [5, 5.41) is 23.3. The molecular formula is C18H32N2O5. The summed E-state index contributed by atoms with van der Waals surface area (Å²) in [5.74, 6) is -1.70. The quantitative estimate of drug-likeness (QED) is 0.263. The molecule has 0 bridgehead atoms. The number of carbonyl (C=O) groups is 3. The van der Waals surface area contributed by atoms with Gasteiger partial charge in [-0.2, -0.15) is 0 Å². The van der Waals surface area contributed by atoms with Crippen molar-refractivity contribution >= 4 is 17.8 Å². The molecule has 0 unspecified atom stereocenters. The van der Waals surface area contributed by atoms with Crippen molar-refractivity contribution in [3.8, 4) is 0 Å². The van der Waals surface area contributed by atoms with Gasteiger partial charge >= 0.3 is 5.97 Å². The molecule has 0 aliphatic rings. The zero-order chi connectivity index (χ0) is 19.1. The van der Waals surface area contributed by atoms with E-state index in [1.165, 1.54) is 13.0 Å². The smallest absolute Gasteiger partial charge is 0.328 e. The molecule has 0 spiro atoms. The third kappa shape index (κ3) is 13.1. The molecule has 2 atom stereocenters. The van der Waals surface area contributed by atoms with E-state index < -0.39 is 18.1 Å². The molecule has 2 amide bonds. The van der Waals surface area contributed by atoms with Crippen LogP contribution in [0.5, 0.6) is 0 Å². The van der Waals surface area contributed by atoms with Crippen LogP contribution in [0.15, 0.2) is 12.7 Å². The van der Waals surface area contributed by atoms with Gasteiger partial charge in [0.2, 0.25) is 11.8 Å². The Labute approximate surface area is 149 Å². The van der Waals surface area contributed by atoms with Gasteiger partial charge in [-0.1, -0.05) is 45.1 Å². The molecule has 7 nitrogen and oxygen atoms in total. The molecular weight excluding hydrogens is 324 g/mol. The Kier molecular flexibility index (Phi) is 13.4. The molecule has 0 saturated heterocycles. The van der Waals surface area contributed by atoms with E-state index in [0.717, 1.165) is 44.9 Å². The molecule has 4 N–H and O–H groups in total. The second-order valence-electron chi connectivity index (χ2n) is 6.20. The minimum atomic E-state index is -1.25. The number of hydrogen-bond acceptors (Lipinski definition) is 4. The summed E-state index contributed by atoms with van der Waals surface area (Å²) in [6.07, 6.45) is 8.51. The number of unbranched alkanes of at least 4 members (excludes halogenated alkanes) is 7. The van der Waals surface area contributed by atoms with Crippen molar-refractivity contribution in [2.45, 2.75) is 76.9 Å². The van der Waals surface area contributed by atoms with Crippen molar-refractivity contribution in [2.24, 2.45) is 0 Å². The van der Waals surface area contributed by atoms with E-state index in [2.05, 4.69) is 17.2 Å². The van der Waals surface area contributed by atoms with Crippen molar-refractivity contribution in [3.05, 3.63) is 12.7 Å². The first-order valence-electron chi connectivity index (χ1n) is 8.99. The number of rotatable bonds is 15.